The fourth-order valence-corrected chi connectivity index (χ4v) is 5.00. The molecule has 1 N–H and O–H groups in total. The molecule has 2 heterocycles. The molecule has 5 heteroatoms. The van der Waals surface area contributed by atoms with Crippen molar-refractivity contribution >= 4 is 11.7 Å². The fraction of sp³-hybridized carbons (Fsp3) is 0.696. The van der Waals surface area contributed by atoms with Gasteiger partial charge in [0.1, 0.15) is 0 Å². The summed E-state index contributed by atoms with van der Waals surface area (Å²) in [6.45, 7) is 3.82. The first-order chi connectivity index (χ1) is 13.7. The van der Waals surface area contributed by atoms with Crippen molar-refractivity contribution < 1.29 is 14.3 Å². The first-order valence-corrected chi connectivity index (χ1v) is 11.1. The van der Waals surface area contributed by atoms with Gasteiger partial charge in [-0.1, -0.05) is 25.0 Å². The maximum Gasteiger partial charge on any atom is 0.321 e. The van der Waals surface area contributed by atoms with Gasteiger partial charge >= 0.3 is 6.03 Å². The molecule has 1 aromatic carbocycles. The fourth-order valence-electron chi connectivity index (χ4n) is 5.00. The number of hydrogen-bond acceptors (Lipinski definition) is 3. The Morgan fingerprint density at radius 1 is 1.14 bits per heavy atom. The lowest BCUT2D eigenvalue weighted by Gasteiger charge is -2.39. The second-order valence-corrected chi connectivity index (χ2v) is 8.83. The van der Waals surface area contributed by atoms with Gasteiger partial charge in [-0.25, -0.2) is 4.79 Å². The molecule has 4 rings (SSSR count). The zero-order valence-corrected chi connectivity index (χ0v) is 17.0. The molecule has 0 aromatic heterocycles. The van der Waals surface area contributed by atoms with Gasteiger partial charge in [0.15, 0.2) is 0 Å². The molecule has 3 fully saturated rings. The van der Waals surface area contributed by atoms with Crippen LogP contribution in [0.2, 0.25) is 0 Å². The number of piperidine rings is 1. The Kier molecular flexibility index (Phi) is 6.53. The van der Waals surface area contributed by atoms with Gasteiger partial charge in [0.2, 0.25) is 0 Å². The molecular weight excluding hydrogens is 352 g/mol. The average Bonchev–Trinajstić information content (AvgIpc) is 3.17. The lowest BCUT2D eigenvalue weighted by molar-refractivity contribution is -0.0447. The van der Waals surface area contributed by atoms with Crippen LogP contribution < -0.4 is 5.32 Å². The van der Waals surface area contributed by atoms with E-state index in [0.29, 0.717) is 18.6 Å². The van der Waals surface area contributed by atoms with E-state index in [0.717, 1.165) is 56.6 Å². The van der Waals surface area contributed by atoms with Crippen LogP contribution in [0.1, 0.15) is 63.4 Å². The maximum atomic E-state index is 12.7. The van der Waals surface area contributed by atoms with Crippen LogP contribution in [0.5, 0.6) is 0 Å². The second kappa shape index (κ2) is 9.27. The Morgan fingerprint density at radius 3 is 2.71 bits per heavy atom. The zero-order chi connectivity index (χ0) is 19.2. The third-order valence-electron chi connectivity index (χ3n) is 6.80. The van der Waals surface area contributed by atoms with Gasteiger partial charge in [0.05, 0.1) is 19.3 Å². The minimum atomic E-state index is 0.0292. The number of urea groups is 1. The highest BCUT2D eigenvalue weighted by Crippen LogP contribution is 2.46. The smallest absolute Gasteiger partial charge is 0.321 e. The van der Waals surface area contributed by atoms with Crippen molar-refractivity contribution in [3.8, 4) is 0 Å². The summed E-state index contributed by atoms with van der Waals surface area (Å²) in [4.78, 5) is 14.6. The van der Waals surface area contributed by atoms with Gasteiger partial charge in [-0.05, 0) is 68.1 Å². The van der Waals surface area contributed by atoms with Gasteiger partial charge in [-0.15, -0.1) is 0 Å². The third-order valence-corrected chi connectivity index (χ3v) is 6.80. The number of amides is 2. The van der Waals surface area contributed by atoms with Crippen molar-refractivity contribution in [1.82, 2.24) is 4.90 Å². The van der Waals surface area contributed by atoms with Crippen LogP contribution in [0, 0.1) is 5.41 Å². The summed E-state index contributed by atoms with van der Waals surface area (Å²) in [6, 6.07) is 8.02. The van der Waals surface area contributed by atoms with Crippen LogP contribution in [0.25, 0.3) is 0 Å². The number of anilines is 1. The number of likely N-dealkylation sites (tertiary alicyclic amines) is 1. The zero-order valence-electron chi connectivity index (χ0n) is 17.0. The van der Waals surface area contributed by atoms with E-state index in [1.807, 2.05) is 29.2 Å². The summed E-state index contributed by atoms with van der Waals surface area (Å²) < 4.78 is 11.5. The molecule has 0 radical (unpaired) electrons. The molecule has 1 saturated carbocycles. The standard InChI is InChI=1S/C23H34N2O3/c26-22(25-13-11-23(12-14-25)9-2-3-10-23)24-20-7-5-6-19(16-20)17-27-18-21-8-1-4-15-28-21/h5-7,16,21H,1-4,8-15,17-18H2,(H,24,26). The minimum Gasteiger partial charge on any atom is -0.376 e. The molecule has 3 aliphatic rings. The summed E-state index contributed by atoms with van der Waals surface area (Å²) in [5.41, 5.74) is 2.47. The molecule has 1 atom stereocenters. The number of carbonyl (C=O) groups is 1. The molecule has 1 aliphatic carbocycles. The quantitative estimate of drug-likeness (QED) is 0.778. The van der Waals surface area contributed by atoms with Crippen molar-refractivity contribution in [2.24, 2.45) is 5.41 Å². The van der Waals surface area contributed by atoms with Crippen LogP contribution in [0.3, 0.4) is 0 Å². The van der Waals surface area contributed by atoms with E-state index in [-0.39, 0.29) is 12.1 Å². The van der Waals surface area contributed by atoms with Crippen molar-refractivity contribution in [2.45, 2.75) is 70.5 Å². The highest BCUT2D eigenvalue weighted by Gasteiger charge is 2.37. The molecule has 1 unspecified atom stereocenters. The van der Waals surface area contributed by atoms with Crippen LogP contribution in [0.4, 0.5) is 10.5 Å². The molecule has 2 amide bonds. The molecule has 2 aliphatic heterocycles. The Bertz CT molecular complexity index is 641. The second-order valence-electron chi connectivity index (χ2n) is 8.83. The topological polar surface area (TPSA) is 50.8 Å². The monoisotopic (exact) mass is 386 g/mol. The van der Waals surface area contributed by atoms with Gasteiger partial charge in [0, 0.05) is 25.4 Å². The number of nitrogens with zero attached hydrogens (tertiary/aromatic N) is 1. The SMILES string of the molecule is O=C(Nc1cccc(COCC2CCCCO2)c1)N1CCC2(CCCC2)CC1. The predicted octanol–water partition coefficient (Wildman–Crippen LogP) is 4.96. The van der Waals surface area contributed by atoms with Crippen LogP contribution >= 0.6 is 0 Å². The molecular formula is C23H34N2O3. The van der Waals surface area contributed by atoms with E-state index in [2.05, 4.69) is 5.32 Å². The van der Waals surface area contributed by atoms with Crippen molar-refractivity contribution in [1.29, 1.82) is 0 Å². The number of ether oxygens (including phenoxy) is 2. The Balaban J connectivity index is 1.23. The Hall–Kier alpha value is -1.59. The number of carbonyl (C=O) groups excluding carboxylic acids is 1. The van der Waals surface area contributed by atoms with Crippen LogP contribution in [0.15, 0.2) is 24.3 Å². The van der Waals surface area contributed by atoms with Crippen molar-refractivity contribution in [3.63, 3.8) is 0 Å². The van der Waals surface area contributed by atoms with Crippen molar-refractivity contribution in [2.75, 3.05) is 31.6 Å². The molecule has 5 nitrogen and oxygen atoms in total. The number of hydrogen-bond donors (Lipinski definition) is 1. The molecule has 2 saturated heterocycles. The minimum absolute atomic E-state index is 0.0292. The van der Waals surface area contributed by atoms with E-state index >= 15 is 0 Å². The normalized spacial score (nSPS) is 24.4. The third kappa shape index (κ3) is 5.06. The molecule has 0 bridgehead atoms. The van der Waals surface area contributed by atoms with E-state index < -0.39 is 0 Å². The predicted molar refractivity (Wildman–Crippen MR) is 110 cm³/mol. The largest absolute Gasteiger partial charge is 0.376 e. The van der Waals surface area contributed by atoms with E-state index in [1.54, 1.807) is 0 Å². The van der Waals surface area contributed by atoms with Gasteiger partial charge in [0.25, 0.3) is 0 Å². The summed E-state index contributed by atoms with van der Waals surface area (Å²) in [5, 5.41) is 3.08. The lowest BCUT2D eigenvalue weighted by atomic mass is 9.77. The number of rotatable bonds is 5. The summed E-state index contributed by atoms with van der Waals surface area (Å²) >= 11 is 0. The van der Waals surface area contributed by atoms with Crippen molar-refractivity contribution in [3.05, 3.63) is 29.8 Å². The van der Waals surface area contributed by atoms with E-state index in [9.17, 15) is 4.79 Å². The summed E-state index contributed by atoms with van der Waals surface area (Å²) in [7, 11) is 0. The Morgan fingerprint density at radius 2 is 1.96 bits per heavy atom. The molecule has 28 heavy (non-hydrogen) atoms. The van der Waals surface area contributed by atoms with Gasteiger partial charge < -0.3 is 19.7 Å². The number of benzene rings is 1. The van der Waals surface area contributed by atoms with E-state index in [4.69, 9.17) is 9.47 Å². The van der Waals surface area contributed by atoms with Gasteiger partial charge in [-0.3, -0.25) is 0 Å². The summed E-state index contributed by atoms with van der Waals surface area (Å²) in [6.07, 6.45) is 11.5. The first-order valence-electron chi connectivity index (χ1n) is 11.1. The highest BCUT2D eigenvalue weighted by molar-refractivity contribution is 5.89. The Labute approximate surface area is 168 Å². The number of nitrogens with one attached hydrogen (secondary N) is 1. The molecule has 154 valence electrons. The van der Waals surface area contributed by atoms with E-state index in [1.165, 1.54) is 32.1 Å². The van der Waals surface area contributed by atoms with Crippen LogP contribution in [-0.4, -0.2) is 43.3 Å². The summed E-state index contributed by atoms with van der Waals surface area (Å²) in [5.74, 6) is 0. The van der Waals surface area contributed by atoms with Crippen LogP contribution in [-0.2, 0) is 16.1 Å². The maximum absolute atomic E-state index is 12.7. The molecule has 1 aromatic rings. The highest BCUT2D eigenvalue weighted by atomic mass is 16.5. The first kappa shape index (κ1) is 19.7. The lowest BCUT2D eigenvalue weighted by Crippen LogP contribution is -2.44. The molecule has 1 spiro atoms. The average molecular weight is 387 g/mol. The van der Waals surface area contributed by atoms with Gasteiger partial charge in [-0.2, -0.15) is 0 Å².